The molecule has 0 aliphatic heterocycles. The number of nitrogens with zero attached hydrogens (tertiary/aromatic N) is 5. The Bertz CT molecular complexity index is 1210. The number of rotatable bonds is 7. The van der Waals surface area contributed by atoms with Gasteiger partial charge in [0.2, 0.25) is 5.88 Å². The van der Waals surface area contributed by atoms with Crippen LogP contribution in [0.4, 0.5) is 14.6 Å². The Balaban J connectivity index is 1.41. The van der Waals surface area contributed by atoms with Crippen molar-refractivity contribution in [3.63, 3.8) is 0 Å². The zero-order chi connectivity index (χ0) is 21.8. The van der Waals surface area contributed by atoms with E-state index in [1.807, 2.05) is 0 Å². The average Bonchev–Trinajstić information content (AvgIpc) is 2.75. The van der Waals surface area contributed by atoms with Crippen LogP contribution in [0.3, 0.4) is 0 Å². The molecule has 0 amide bonds. The van der Waals surface area contributed by atoms with Crippen molar-refractivity contribution >= 4 is 17.0 Å². The summed E-state index contributed by atoms with van der Waals surface area (Å²) in [6.45, 7) is 1.32. The number of phenolic OH excluding ortho intramolecular Hbond substituents is 1. The van der Waals surface area contributed by atoms with Gasteiger partial charge >= 0.3 is 0 Å². The van der Waals surface area contributed by atoms with Gasteiger partial charge in [-0.05, 0) is 30.2 Å². The maximum Gasteiger partial charge on any atom is 0.270 e. The van der Waals surface area contributed by atoms with Gasteiger partial charge in [0.15, 0.2) is 23.0 Å². The Morgan fingerprint density at radius 3 is 2.65 bits per heavy atom. The van der Waals surface area contributed by atoms with Gasteiger partial charge in [-0.2, -0.15) is 0 Å². The molecule has 0 bridgehead atoms. The van der Waals surface area contributed by atoms with Gasteiger partial charge in [-0.15, -0.1) is 0 Å². The summed E-state index contributed by atoms with van der Waals surface area (Å²) < 4.78 is 32.4. The molecule has 0 fully saturated rings. The van der Waals surface area contributed by atoms with Crippen molar-refractivity contribution in [2.75, 3.05) is 11.9 Å². The van der Waals surface area contributed by atoms with Crippen LogP contribution in [0.25, 0.3) is 11.2 Å². The predicted molar refractivity (Wildman–Crippen MR) is 109 cm³/mol. The first-order valence-corrected chi connectivity index (χ1v) is 9.40. The number of hydrogen-bond acceptors (Lipinski definition) is 8. The molecule has 4 rings (SSSR count). The number of phenols is 1. The van der Waals surface area contributed by atoms with Crippen molar-refractivity contribution in [3.05, 3.63) is 66.4 Å². The third kappa shape index (κ3) is 4.80. The van der Waals surface area contributed by atoms with Crippen molar-refractivity contribution < 1.29 is 18.6 Å². The Labute approximate surface area is 176 Å². The van der Waals surface area contributed by atoms with Crippen molar-refractivity contribution in [1.29, 1.82) is 0 Å². The molecular formula is C21H18F2N6O2. The number of nitrogens with one attached hydrogen (secondary N) is 1. The van der Waals surface area contributed by atoms with Crippen LogP contribution in [0, 0.1) is 0 Å². The van der Waals surface area contributed by atoms with E-state index in [1.165, 1.54) is 18.6 Å². The average molecular weight is 424 g/mol. The molecule has 2 N–H and O–H groups in total. The van der Waals surface area contributed by atoms with Crippen molar-refractivity contribution in [2.45, 2.75) is 19.3 Å². The van der Waals surface area contributed by atoms with E-state index in [9.17, 15) is 13.9 Å². The summed E-state index contributed by atoms with van der Waals surface area (Å²) in [5, 5.41) is 13.5. The van der Waals surface area contributed by atoms with Crippen molar-refractivity contribution in [1.82, 2.24) is 24.9 Å². The Kier molecular flexibility index (Phi) is 5.52. The monoisotopic (exact) mass is 424 g/mol. The van der Waals surface area contributed by atoms with Gasteiger partial charge in [0.1, 0.15) is 11.8 Å². The molecule has 0 unspecified atom stereocenters. The van der Waals surface area contributed by atoms with Gasteiger partial charge in [-0.1, -0.05) is 6.07 Å². The summed E-state index contributed by atoms with van der Waals surface area (Å²) in [6.07, 6.45) is 6.36. The lowest BCUT2D eigenvalue weighted by molar-refractivity contribution is 0.0172. The van der Waals surface area contributed by atoms with E-state index < -0.39 is 5.92 Å². The second-order valence-electron chi connectivity index (χ2n) is 6.80. The first kappa shape index (κ1) is 20.3. The molecule has 3 heterocycles. The summed E-state index contributed by atoms with van der Waals surface area (Å²) in [7, 11) is 0. The number of hydrogen-bond donors (Lipinski definition) is 2. The molecular weight excluding hydrogens is 406 g/mol. The second-order valence-corrected chi connectivity index (χ2v) is 6.80. The van der Waals surface area contributed by atoms with E-state index in [0.29, 0.717) is 29.9 Å². The minimum atomic E-state index is -3.01. The van der Waals surface area contributed by atoms with E-state index in [1.54, 1.807) is 30.6 Å². The fourth-order valence-electron chi connectivity index (χ4n) is 2.90. The summed E-state index contributed by atoms with van der Waals surface area (Å²) in [6, 6.07) is 7.25. The van der Waals surface area contributed by atoms with Crippen molar-refractivity contribution in [2.24, 2.45) is 0 Å². The lowest BCUT2D eigenvalue weighted by Crippen LogP contribution is -2.08. The molecule has 0 saturated heterocycles. The number of ether oxygens (including phenoxy) is 1. The van der Waals surface area contributed by atoms with Crippen LogP contribution in [0.2, 0.25) is 0 Å². The standard InChI is InChI=1S/C21H18F2N6O2/c1-21(22,23)14-5-7-24-17(11-14)31-16-3-2-13(10-15(16)30)4-6-26-19-18-20(29-12-28-19)27-9-8-25-18/h2-3,5,7-12,30H,4,6H2,1H3,(H,26,27,28,29). The molecule has 31 heavy (non-hydrogen) atoms. The second kappa shape index (κ2) is 8.42. The van der Waals surface area contributed by atoms with Crippen LogP contribution in [0.1, 0.15) is 18.1 Å². The SMILES string of the molecule is CC(F)(F)c1ccnc(Oc2ccc(CCNc3ncnc4nccnc34)cc2O)c1. The van der Waals surface area contributed by atoms with E-state index in [2.05, 4.69) is 30.2 Å². The number of alkyl halides is 2. The molecule has 10 heteroatoms. The highest BCUT2D eigenvalue weighted by Gasteiger charge is 2.25. The lowest BCUT2D eigenvalue weighted by atomic mass is 10.1. The van der Waals surface area contributed by atoms with Crippen molar-refractivity contribution in [3.8, 4) is 17.4 Å². The highest BCUT2D eigenvalue weighted by Crippen LogP contribution is 2.33. The highest BCUT2D eigenvalue weighted by atomic mass is 19.3. The molecule has 1 aromatic carbocycles. The number of pyridine rings is 1. The van der Waals surface area contributed by atoms with Gasteiger partial charge in [0.05, 0.1) is 0 Å². The summed E-state index contributed by atoms with van der Waals surface area (Å²) in [5.41, 5.74) is 1.69. The first-order valence-electron chi connectivity index (χ1n) is 9.40. The van der Waals surface area contributed by atoms with Crippen LogP contribution in [-0.4, -0.2) is 36.6 Å². The fraction of sp³-hybridized carbons (Fsp3) is 0.190. The fourth-order valence-corrected chi connectivity index (χ4v) is 2.90. The third-order valence-corrected chi connectivity index (χ3v) is 4.46. The molecule has 3 aromatic heterocycles. The minimum absolute atomic E-state index is 0.0273. The van der Waals surface area contributed by atoms with E-state index in [4.69, 9.17) is 4.74 Å². The zero-order valence-electron chi connectivity index (χ0n) is 16.5. The normalized spacial score (nSPS) is 11.5. The maximum atomic E-state index is 13.5. The van der Waals surface area contributed by atoms with E-state index >= 15 is 0 Å². The van der Waals surface area contributed by atoms with E-state index in [-0.39, 0.29) is 22.9 Å². The number of halogens is 2. The largest absolute Gasteiger partial charge is 0.504 e. The summed E-state index contributed by atoms with van der Waals surface area (Å²) in [4.78, 5) is 20.5. The molecule has 4 aromatic rings. The smallest absolute Gasteiger partial charge is 0.270 e. The molecule has 0 aliphatic rings. The highest BCUT2D eigenvalue weighted by molar-refractivity contribution is 5.81. The summed E-state index contributed by atoms with van der Waals surface area (Å²) >= 11 is 0. The van der Waals surface area contributed by atoms with Crippen LogP contribution >= 0.6 is 0 Å². The number of anilines is 1. The number of aromatic hydroxyl groups is 1. The Morgan fingerprint density at radius 1 is 1.00 bits per heavy atom. The van der Waals surface area contributed by atoms with Crippen LogP contribution in [-0.2, 0) is 12.3 Å². The lowest BCUT2D eigenvalue weighted by Gasteiger charge is -2.13. The molecule has 0 aliphatic carbocycles. The quantitative estimate of drug-likeness (QED) is 0.457. The molecule has 0 radical (unpaired) electrons. The van der Waals surface area contributed by atoms with Crippen LogP contribution in [0.15, 0.2) is 55.2 Å². The topological polar surface area (TPSA) is 106 Å². The summed E-state index contributed by atoms with van der Waals surface area (Å²) in [5.74, 6) is -2.47. The molecule has 0 saturated carbocycles. The molecule has 158 valence electrons. The number of fused-ring (bicyclic) bond motifs is 1. The maximum absolute atomic E-state index is 13.5. The van der Waals surface area contributed by atoms with Gasteiger partial charge in [0, 0.05) is 43.7 Å². The first-order chi connectivity index (χ1) is 14.9. The predicted octanol–water partition coefficient (Wildman–Crippen LogP) is 4.08. The molecule has 0 atom stereocenters. The van der Waals surface area contributed by atoms with Gasteiger partial charge in [-0.3, -0.25) is 0 Å². The minimum Gasteiger partial charge on any atom is -0.504 e. The molecule has 8 nitrogen and oxygen atoms in total. The molecule has 0 spiro atoms. The zero-order valence-corrected chi connectivity index (χ0v) is 16.5. The van der Waals surface area contributed by atoms with Gasteiger partial charge in [0.25, 0.3) is 5.92 Å². The third-order valence-electron chi connectivity index (χ3n) is 4.46. The number of aromatic nitrogens is 5. The number of benzene rings is 1. The Morgan fingerprint density at radius 2 is 1.84 bits per heavy atom. The van der Waals surface area contributed by atoms with Crippen LogP contribution < -0.4 is 10.1 Å². The van der Waals surface area contributed by atoms with Crippen LogP contribution in [0.5, 0.6) is 17.4 Å². The Hall–Kier alpha value is -3.95. The van der Waals surface area contributed by atoms with E-state index in [0.717, 1.165) is 18.6 Å². The van der Waals surface area contributed by atoms with Gasteiger partial charge in [-0.25, -0.2) is 33.7 Å². The van der Waals surface area contributed by atoms with Gasteiger partial charge < -0.3 is 15.2 Å².